The van der Waals surface area contributed by atoms with Crippen molar-refractivity contribution in [1.82, 2.24) is 9.88 Å². The Morgan fingerprint density at radius 3 is 2.96 bits per heavy atom. The third-order valence-corrected chi connectivity index (χ3v) is 5.60. The number of pyridine rings is 1. The highest BCUT2D eigenvalue weighted by atomic mass is 32.2. The van der Waals surface area contributed by atoms with Crippen LogP contribution in [0.2, 0.25) is 0 Å². The van der Waals surface area contributed by atoms with Gasteiger partial charge in [0.2, 0.25) is 5.91 Å². The summed E-state index contributed by atoms with van der Waals surface area (Å²) in [5.41, 5.74) is 1.91. The molecule has 0 radical (unpaired) electrons. The Kier molecular flexibility index (Phi) is 6.36. The highest BCUT2D eigenvalue weighted by Crippen LogP contribution is 2.22. The van der Waals surface area contributed by atoms with E-state index in [9.17, 15) is 9.59 Å². The molecule has 130 valence electrons. The lowest BCUT2D eigenvalue weighted by atomic mass is 10.2. The smallest absolute Gasteiger partial charge is 0.281 e. The predicted molar refractivity (Wildman–Crippen MR) is 103 cm³/mol. The van der Waals surface area contributed by atoms with Gasteiger partial charge in [-0.15, -0.1) is 11.8 Å². The lowest BCUT2D eigenvalue weighted by Gasteiger charge is -2.14. The maximum absolute atomic E-state index is 12.1. The number of hydrogen-bond donors (Lipinski definition) is 1. The van der Waals surface area contributed by atoms with E-state index in [-0.39, 0.29) is 11.1 Å². The second-order valence-electron chi connectivity index (χ2n) is 5.56. The van der Waals surface area contributed by atoms with E-state index in [4.69, 9.17) is 0 Å². The minimum atomic E-state index is -0.0702. The second kappa shape index (κ2) is 8.92. The molecule has 1 aromatic heterocycles. The van der Waals surface area contributed by atoms with Gasteiger partial charge in [-0.25, -0.2) is 4.98 Å². The molecule has 5 nitrogen and oxygen atoms in total. The topological polar surface area (TPSA) is 62.3 Å². The van der Waals surface area contributed by atoms with Gasteiger partial charge in [0.05, 0.1) is 5.03 Å². The molecule has 1 aliphatic rings. The third-order valence-electron chi connectivity index (χ3n) is 3.69. The highest BCUT2D eigenvalue weighted by Gasteiger charge is 2.21. The number of thioether (sulfide) groups is 2. The summed E-state index contributed by atoms with van der Waals surface area (Å²) >= 11 is 2.97. The normalized spacial score (nSPS) is 13.9. The van der Waals surface area contributed by atoms with Gasteiger partial charge >= 0.3 is 0 Å². The van der Waals surface area contributed by atoms with Gasteiger partial charge in [0.25, 0.3) is 5.24 Å². The Morgan fingerprint density at radius 1 is 1.28 bits per heavy atom. The summed E-state index contributed by atoms with van der Waals surface area (Å²) in [6.07, 6.45) is 2.10. The van der Waals surface area contributed by atoms with Crippen LogP contribution in [0.5, 0.6) is 0 Å². The Hall–Kier alpha value is -1.99. The fourth-order valence-corrected chi connectivity index (χ4v) is 4.07. The maximum atomic E-state index is 12.1. The zero-order valence-corrected chi connectivity index (χ0v) is 15.3. The zero-order chi connectivity index (χ0) is 17.5. The van der Waals surface area contributed by atoms with Crippen molar-refractivity contribution >= 4 is 40.4 Å². The van der Waals surface area contributed by atoms with Crippen LogP contribution >= 0.6 is 23.5 Å². The molecule has 0 saturated carbocycles. The first-order valence-electron chi connectivity index (χ1n) is 8.05. The summed E-state index contributed by atoms with van der Waals surface area (Å²) in [5, 5.41) is 3.96. The molecule has 0 atom stereocenters. The Balaban J connectivity index is 1.49. The van der Waals surface area contributed by atoms with Crippen LogP contribution in [0.15, 0.2) is 53.7 Å². The van der Waals surface area contributed by atoms with Crippen molar-refractivity contribution in [2.75, 3.05) is 24.2 Å². The van der Waals surface area contributed by atoms with E-state index in [1.54, 1.807) is 22.9 Å². The molecular weight excluding hydrogens is 354 g/mol. The molecule has 1 aromatic carbocycles. The van der Waals surface area contributed by atoms with E-state index in [0.717, 1.165) is 34.3 Å². The van der Waals surface area contributed by atoms with Gasteiger partial charge in [0, 0.05) is 42.9 Å². The number of nitrogens with one attached hydrogen (secondary N) is 1. The van der Waals surface area contributed by atoms with E-state index in [2.05, 4.69) is 10.3 Å². The van der Waals surface area contributed by atoms with E-state index in [0.29, 0.717) is 13.0 Å². The molecule has 1 saturated heterocycles. The van der Waals surface area contributed by atoms with Crippen molar-refractivity contribution < 1.29 is 9.59 Å². The zero-order valence-electron chi connectivity index (χ0n) is 13.7. The fraction of sp³-hybridized carbons (Fsp3) is 0.278. The summed E-state index contributed by atoms with van der Waals surface area (Å²) in [4.78, 5) is 29.6. The molecule has 0 spiro atoms. The lowest BCUT2D eigenvalue weighted by molar-refractivity contribution is -0.116. The molecule has 0 unspecified atom stereocenters. The van der Waals surface area contributed by atoms with Crippen LogP contribution in [0.1, 0.15) is 12.0 Å². The third kappa shape index (κ3) is 5.51. The minimum Gasteiger partial charge on any atom is -0.332 e. The molecule has 1 aliphatic heterocycles. The highest BCUT2D eigenvalue weighted by molar-refractivity contribution is 8.13. The number of carbonyl (C=O) groups is 2. The van der Waals surface area contributed by atoms with Crippen LogP contribution in [0.3, 0.4) is 0 Å². The van der Waals surface area contributed by atoms with Gasteiger partial charge in [-0.05, 0) is 29.8 Å². The summed E-state index contributed by atoms with van der Waals surface area (Å²) < 4.78 is 0. The molecular formula is C18H19N3O2S2. The molecule has 3 rings (SSSR count). The Bertz CT molecular complexity index is 740. The Labute approximate surface area is 155 Å². The van der Waals surface area contributed by atoms with E-state index in [1.165, 1.54) is 11.8 Å². The van der Waals surface area contributed by atoms with Gasteiger partial charge in [0.15, 0.2) is 0 Å². The summed E-state index contributed by atoms with van der Waals surface area (Å²) in [6, 6.07) is 13.7. The molecule has 2 amide bonds. The number of rotatable bonds is 7. The molecule has 0 aliphatic carbocycles. The van der Waals surface area contributed by atoms with Crippen LogP contribution in [0.25, 0.3) is 0 Å². The fourth-order valence-electron chi connectivity index (χ4n) is 2.42. The largest absolute Gasteiger partial charge is 0.332 e. The van der Waals surface area contributed by atoms with Crippen LogP contribution < -0.4 is 5.32 Å². The van der Waals surface area contributed by atoms with E-state index >= 15 is 0 Å². The second-order valence-corrected chi connectivity index (χ2v) is 7.60. The van der Waals surface area contributed by atoms with Crippen molar-refractivity contribution in [2.24, 2.45) is 0 Å². The van der Waals surface area contributed by atoms with Gasteiger partial charge < -0.3 is 10.2 Å². The van der Waals surface area contributed by atoms with Gasteiger partial charge in [0.1, 0.15) is 0 Å². The van der Waals surface area contributed by atoms with E-state index < -0.39 is 0 Å². The number of benzene rings is 1. The maximum Gasteiger partial charge on any atom is 0.281 e. The number of amides is 2. The Morgan fingerprint density at radius 2 is 2.20 bits per heavy atom. The van der Waals surface area contributed by atoms with Crippen LogP contribution in [-0.2, 0) is 10.5 Å². The van der Waals surface area contributed by atoms with Crippen LogP contribution in [-0.4, -0.2) is 39.9 Å². The van der Waals surface area contributed by atoms with Crippen LogP contribution in [0, 0.1) is 0 Å². The van der Waals surface area contributed by atoms with Gasteiger partial charge in [-0.3, -0.25) is 9.59 Å². The number of nitrogens with zero attached hydrogens (tertiary/aromatic N) is 2. The first kappa shape index (κ1) is 17.8. The van der Waals surface area contributed by atoms with Crippen molar-refractivity contribution in [2.45, 2.75) is 17.2 Å². The first-order valence-corrected chi connectivity index (χ1v) is 10.0. The average Bonchev–Trinajstić information content (AvgIpc) is 3.04. The summed E-state index contributed by atoms with van der Waals surface area (Å²) in [5.74, 6) is 1.54. The van der Waals surface area contributed by atoms with Crippen molar-refractivity contribution in [3.8, 4) is 0 Å². The number of aromatic nitrogens is 1. The molecule has 1 fully saturated rings. The molecule has 0 bridgehead atoms. The first-order chi connectivity index (χ1) is 12.2. The SMILES string of the molecule is O=C(CCN1CCSC1=O)Nc1cccc(CSc2ccccn2)c1. The summed E-state index contributed by atoms with van der Waals surface area (Å²) in [6.45, 7) is 1.21. The molecule has 25 heavy (non-hydrogen) atoms. The van der Waals surface area contributed by atoms with Gasteiger partial charge in [-0.1, -0.05) is 30.0 Å². The van der Waals surface area contributed by atoms with Gasteiger partial charge in [-0.2, -0.15) is 0 Å². The van der Waals surface area contributed by atoms with Crippen molar-refractivity contribution in [3.05, 3.63) is 54.2 Å². The minimum absolute atomic E-state index is 0.0702. The monoisotopic (exact) mass is 373 g/mol. The number of anilines is 1. The average molecular weight is 374 g/mol. The number of hydrogen-bond acceptors (Lipinski definition) is 5. The standard InChI is InChI=1S/C18H19N3O2S2/c22-16(7-9-21-10-11-24-18(21)23)20-15-5-3-4-14(12-15)13-25-17-6-1-2-8-19-17/h1-6,8,12H,7,9-11,13H2,(H,20,22). The van der Waals surface area contributed by atoms with Crippen molar-refractivity contribution in [1.29, 1.82) is 0 Å². The number of carbonyl (C=O) groups excluding carboxylic acids is 2. The molecule has 2 aromatic rings. The summed E-state index contributed by atoms with van der Waals surface area (Å²) in [7, 11) is 0. The molecule has 2 heterocycles. The quantitative estimate of drug-likeness (QED) is 0.747. The van der Waals surface area contributed by atoms with E-state index in [1.807, 2.05) is 42.5 Å². The molecule has 1 N–H and O–H groups in total. The lowest BCUT2D eigenvalue weighted by Crippen LogP contribution is -2.27. The predicted octanol–water partition coefficient (Wildman–Crippen LogP) is 3.87. The molecule has 7 heteroatoms. The van der Waals surface area contributed by atoms with Crippen LogP contribution in [0.4, 0.5) is 10.5 Å². The van der Waals surface area contributed by atoms with Crippen molar-refractivity contribution in [3.63, 3.8) is 0 Å².